The van der Waals surface area contributed by atoms with Gasteiger partial charge in [0, 0.05) is 46.0 Å². The summed E-state index contributed by atoms with van der Waals surface area (Å²) in [5.74, 6) is 13.2. The van der Waals surface area contributed by atoms with Crippen LogP contribution in [0.4, 0.5) is 4.39 Å². The smallest absolute Gasteiger partial charge is 0.220 e. The molecule has 5 unspecified atom stereocenters. The normalized spacial score (nSPS) is 24.0. The Morgan fingerprint density at radius 1 is 0.267 bits per heavy atom. The van der Waals surface area contributed by atoms with Crippen molar-refractivity contribution in [1.29, 1.82) is 0 Å². The number of hydrogen-bond donors (Lipinski definition) is 0. The van der Waals surface area contributed by atoms with Gasteiger partial charge in [-0.2, -0.15) is 0 Å². The maximum atomic E-state index is 14.4. The lowest BCUT2D eigenvalue weighted by atomic mass is 9.63. The molecule has 18 aromatic rings. The fourth-order valence-electron chi connectivity index (χ4n) is 31.4. The van der Waals surface area contributed by atoms with Gasteiger partial charge in [-0.1, -0.05) is 161 Å². The summed E-state index contributed by atoms with van der Waals surface area (Å²) in [4.78, 5) is 0. The zero-order valence-corrected chi connectivity index (χ0v) is 89.5. The molecule has 0 radical (unpaired) electrons. The Morgan fingerprint density at radius 2 is 0.582 bits per heavy atom. The van der Waals surface area contributed by atoms with Crippen molar-refractivity contribution in [3.05, 3.63) is 339 Å². The van der Waals surface area contributed by atoms with Crippen molar-refractivity contribution in [2.24, 2.45) is 94.4 Å². The molecule has 7 heterocycles. The molecule has 11 aromatic carbocycles. The van der Waals surface area contributed by atoms with E-state index in [0.29, 0.717) is 0 Å². The Kier molecular flexibility index (Phi) is 25.6. The lowest BCUT2D eigenvalue weighted by Crippen LogP contribution is -2.31. The number of aryl methyl sites for hydroxylation is 12. The molecule has 740 valence electrons. The first kappa shape index (κ1) is 95.1. The number of benzene rings is 11. The lowest BCUT2D eigenvalue weighted by molar-refractivity contribution is -0.659. The highest BCUT2D eigenvalue weighted by molar-refractivity contribution is 7.17. The van der Waals surface area contributed by atoms with Crippen LogP contribution < -0.4 is 22.8 Å². The molecule has 0 N–H and O–H groups in total. The first-order valence-corrected chi connectivity index (χ1v) is 57.5. The summed E-state index contributed by atoms with van der Waals surface area (Å²) in [5, 5.41) is 20.9. The fourth-order valence-corrected chi connectivity index (χ4v) is 32.2. The van der Waals surface area contributed by atoms with Crippen LogP contribution in [0, 0.1) is 113 Å². The summed E-state index contributed by atoms with van der Waals surface area (Å²) in [7, 11) is 10.8. The molecule has 15 fully saturated rings. The number of halogens is 1. The number of hydrogen-bond acceptors (Lipinski definition) is 2. The van der Waals surface area contributed by atoms with Gasteiger partial charge < -0.3 is 4.42 Å². The summed E-state index contributed by atoms with van der Waals surface area (Å²) in [6.07, 6.45) is 52.7. The molecule has 0 saturated heterocycles. The Bertz CT molecular complexity index is 7930. The molecule has 8 heteroatoms. The summed E-state index contributed by atoms with van der Waals surface area (Å²) in [5.41, 5.74) is 32.8. The second-order valence-electron chi connectivity index (χ2n) is 48.1. The average Bonchev–Trinajstić information content (AvgIpc) is 1.41. The molecular formula is C138H149FN5OS+5. The number of rotatable bonds is 10. The third kappa shape index (κ3) is 17.8. The van der Waals surface area contributed by atoms with E-state index >= 15 is 0 Å². The summed E-state index contributed by atoms with van der Waals surface area (Å²) < 4.78 is 32.9. The quantitative estimate of drug-likeness (QED) is 0.126. The molecule has 34 rings (SSSR count). The average molecular weight is 1940 g/mol. The second-order valence-corrected chi connectivity index (χ2v) is 49.0. The molecule has 0 spiro atoms. The minimum Gasteiger partial charge on any atom is -0.464 e. The molecule has 0 aliphatic heterocycles. The van der Waals surface area contributed by atoms with E-state index in [9.17, 15) is 4.39 Å². The highest BCUT2D eigenvalue weighted by Gasteiger charge is 2.43. The minimum atomic E-state index is -0.0798. The van der Waals surface area contributed by atoms with E-state index < -0.39 is 0 Å². The van der Waals surface area contributed by atoms with Crippen LogP contribution in [0.15, 0.2) is 259 Å². The summed E-state index contributed by atoms with van der Waals surface area (Å²) in [6.45, 7) is 14.8. The van der Waals surface area contributed by atoms with Crippen LogP contribution in [0.1, 0.15) is 274 Å². The van der Waals surface area contributed by atoms with Crippen molar-refractivity contribution in [2.75, 3.05) is 0 Å². The summed E-state index contributed by atoms with van der Waals surface area (Å²) in [6, 6.07) is 81.7. The van der Waals surface area contributed by atoms with Gasteiger partial charge in [-0.05, 0) is 464 Å². The molecule has 10 bridgehead atoms. The molecule has 16 aliphatic rings. The zero-order valence-electron chi connectivity index (χ0n) is 88.6. The van der Waals surface area contributed by atoms with Crippen molar-refractivity contribution in [2.45, 2.75) is 258 Å². The van der Waals surface area contributed by atoms with Crippen LogP contribution >= 0.6 is 11.3 Å². The SMILES string of the molecule is Cc1cc(-c2c3ccc(C4CC5CCC4CC5)cc3cc[n+]2C)c(C)c(C)c1F.Cc1cc2c(cc1-c1c3ccc(C4CC5CCC4CC5)cc3cc[n+]1C)CCC2.Cc1cc2ccccc2cc1-c1c2ccc(C3CC4CCC3CC4)cc2cc[n+]1C.Cc1cc2ccoc2cc1-c1c2ccc(C3CC4CCC3CC4)cc2cc[n+]1C.Cc1cc2ccsc2cc1-c1c2ccc(C3CC4CCC3CC4)cc2cc[n+]1C. The van der Waals surface area contributed by atoms with Gasteiger partial charge in [0.05, 0.1) is 55.4 Å². The monoisotopic (exact) mass is 1940 g/mol. The van der Waals surface area contributed by atoms with E-state index in [-0.39, 0.29) is 5.82 Å². The van der Waals surface area contributed by atoms with Crippen molar-refractivity contribution in [3.63, 3.8) is 0 Å². The maximum absolute atomic E-state index is 14.4. The summed E-state index contributed by atoms with van der Waals surface area (Å²) >= 11 is 1.83. The molecule has 16 aliphatic carbocycles. The van der Waals surface area contributed by atoms with Crippen LogP contribution in [-0.4, -0.2) is 0 Å². The largest absolute Gasteiger partial charge is 0.464 e. The van der Waals surface area contributed by atoms with Gasteiger partial charge in [-0.15, -0.1) is 11.3 Å². The number of furan rings is 1. The molecular weight excluding hydrogens is 1790 g/mol. The topological polar surface area (TPSA) is 32.5 Å². The predicted octanol–water partition coefficient (Wildman–Crippen LogP) is 34.0. The number of pyridine rings is 5. The Labute approximate surface area is 869 Å². The van der Waals surface area contributed by atoms with Crippen LogP contribution in [0.25, 0.3) is 142 Å². The Balaban J connectivity index is 0.0000000952. The van der Waals surface area contributed by atoms with E-state index in [4.69, 9.17) is 4.42 Å². The zero-order chi connectivity index (χ0) is 99.1. The molecule has 7 aromatic heterocycles. The van der Waals surface area contributed by atoms with Crippen molar-refractivity contribution in [3.8, 4) is 56.3 Å². The van der Waals surface area contributed by atoms with Gasteiger partial charge in [0.1, 0.15) is 46.6 Å². The molecule has 6 nitrogen and oxygen atoms in total. The number of thiophene rings is 1. The van der Waals surface area contributed by atoms with Gasteiger partial charge in [0.25, 0.3) is 0 Å². The van der Waals surface area contributed by atoms with Crippen LogP contribution in [-0.2, 0) is 48.1 Å². The number of nitrogens with zero attached hydrogens (tertiary/aromatic N) is 5. The number of aromatic nitrogens is 5. The fraction of sp³-hybridized carbons (Fsp3) is 0.399. The molecule has 0 amide bonds. The van der Waals surface area contributed by atoms with E-state index in [1.54, 1.807) is 39.6 Å². The standard InChI is InChI=1S/C29H30N.C28H32N.C27H31FN.C27H28NO.C27H28NS/c1-19-15-22-5-3-4-6-23(22)18-27(19)29-26-12-11-24(17-25(26)13-14-30(29)2)28-16-20-7-9-21(28)10-8-20;1-18-14-21-4-3-5-22(21)17-26(18)28-25-11-10-23(16-24(25)12-13-29(28)2)27-15-19-6-8-20(27)9-7-19;1-16-13-24(17(2)18(3)26(16)28)27-23-10-9-21(15-22(23)11-12-29(27)4)25-14-19-5-7-20(25)8-6-19;2*1-17-13-22-10-12-29-26(22)16-24(17)27-23-8-7-20(15-21(23)9-11-28(27)2)25-14-18-3-5-19(25)6-4-18/h3-6,11-15,17-18,20-21,28H,7-10,16H2,1-2H3;10-14,16-17,19-20,27H,3-9,15H2,1-2H3;9-13,15,19-20,25H,5-8,14H2,1-4H3;2*7-13,15-16,18-19,25H,3-6,14H2,1-2H3/q5*+1. The van der Waals surface area contributed by atoms with Crippen molar-refractivity contribution >= 4 is 97.0 Å². The van der Waals surface area contributed by atoms with Crippen LogP contribution in [0.3, 0.4) is 0 Å². The van der Waals surface area contributed by atoms with Crippen LogP contribution in [0.5, 0.6) is 0 Å². The van der Waals surface area contributed by atoms with Crippen molar-refractivity contribution in [1.82, 2.24) is 0 Å². The minimum absolute atomic E-state index is 0.0798. The van der Waals surface area contributed by atoms with Gasteiger partial charge in [0.2, 0.25) is 28.5 Å². The third-order valence-electron chi connectivity index (χ3n) is 39.6. The first-order valence-electron chi connectivity index (χ1n) is 56.6. The van der Waals surface area contributed by atoms with Gasteiger partial charge >= 0.3 is 0 Å². The van der Waals surface area contributed by atoms with E-state index in [1.165, 1.54) is 338 Å². The molecule has 15 saturated carbocycles. The van der Waals surface area contributed by atoms with E-state index in [1.807, 2.05) is 44.2 Å². The predicted molar refractivity (Wildman–Crippen MR) is 605 cm³/mol. The maximum Gasteiger partial charge on any atom is 0.220 e. The van der Waals surface area contributed by atoms with Gasteiger partial charge in [-0.3, -0.25) is 0 Å². The Hall–Kier alpha value is -11.8. The second kappa shape index (κ2) is 39.3. The van der Waals surface area contributed by atoms with Crippen molar-refractivity contribution < 1.29 is 31.6 Å². The van der Waals surface area contributed by atoms with Crippen LogP contribution in [0.2, 0.25) is 0 Å². The molecule has 5 atom stereocenters. The lowest BCUT2D eigenvalue weighted by Gasteiger charge is -2.42. The highest BCUT2D eigenvalue weighted by Crippen LogP contribution is 2.57. The van der Waals surface area contributed by atoms with E-state index in [0.717, 1.165) is 117 Å². The van der Waals surface area contributed by atoms with Gasteiger partial charge in [-0.25, -0.2) is 27.2 Å². The molecule has 146 heavy (non-hydrogen) atoms. The third-order valence-corrected chi connectivity index (χ3v) is 40.5. The first-order chi connectivity index (χ1) is 71.1. The van der Waals surface area contributed by atoms with E-state index in [2.05, 4.69) is 322 Å². The van der Waals surface area contributed by atoms with Gasteiger partial charge in [0.15, 0.2) is 31.0 Å². The number of fused-ring (bicyclic) bond motifs is 24. The Morgan fingerprint density at radius 3 is 0.945 bits per heavy atom. The highest BCUT2D eigenvalue weighted by atomic mass is 32.1.